The molecule has 5 nitrogen and oxygen atoms in total. The molecule has 2 fully saturated rings. The molecule has 0 radical (unpaired) electrons. The van der Waals surface area contributed by atoms with E-state index in [9.17, 15) is 9.18 Å². The highest BCUT2D eigenvalue weighted by Crippen LogP contribution is 2.36. The molecule has 4 rings (SSSR count). The minimum atomic E-state index is -0.373. The van der Waals surface area contributed by atoms with Crippen molar-refractivity contribution in [3.05, 3.63) is 59.7 Å². The molecule has 1 spiro atoms. The molecule has 6 heteroatoms. The summed E-state index contributed by atoms with van der Waals surface area (Å²) >= 11 is 0. The molecule has 3 heterocycles. The second-order valence-electron chi connectivity index (χ2n) is 7.39. The Morgan fingerprint density at radius 1 is 1.30 bits per heavy atom. The lowest BCUT2D eigenvalue weighted by Crippen LogP contribution is -2.50. The molecule has 2 aromatic rings. The summed E-state index contributed by atoms with van der Waals surface area (Å²) in [4.78, 5) is 19.0. The number of carbonyl (C=O) groups is 1. The number of rotatable bonds is 3. The third kappa shape index (κ3) is 3.95. The van der Waals surface area contributed by atoms with Crippen molar-refractivity contribution in [3.63, 3.8) is 0 Å². The molecule has 2 saturated heterocycles. The fraction of sp³-hybridized carbons (Fsp3) is 0.429. The van der Waals surface area contributed by atoms with Crippen molar-refractivity contribution in [2.45, 2.75) is 37.9 Å². The highest BCUT2D eigenvalue weighted by Gasteiger charge is 2.45. The van der Waals surface area contributed by atoms with E-state index in [0.717, 1.165) is 25.0 Å². The van der Waals surface area contributed by atoms with Crippen molar-refractivity contribution < 1.29 is 18.7 Å². The largest absolute Gasteiger partial charge is 0.488 e. The molecule has 0 unspecified atom stereocenters. The van der Waals surface area contributed by atoms with E-state index in [0.29, 0.717) is 31.1 Å². The average Bonchev–Trinajstić information content (AvgIpc) is 3.04. The minimum Gasteiger partial charge on any atom is -0.488 e. The van der Waals surface area contributed by atoms with Crippen LogP contribution in [-0.4, -0.2) is 47.2 Å². The van der Waals surface area contributed by atoms with Crippen LogP contribution < -0.4 is 4.74 Å². The standard InChI is InChI=1S/C21H23FN2O3/c1-15-4-2-5-19(23-15)20(25)24-11-3-10-21(14-24)12-18(13-26-21)27-17-8-6-16(22)7-9-17/h2,4-9,18H,3,10-14H2,1H3/t18-,21+/m1/s1. The topological polar surface area (TPSA) is 51.7 Å². The second-order valence-corrected chi connectivity index (χ2v) is 7.39. The number of piperidine rings is 1. The number of benzene rings is 1. The van der Waals surface area contributed by atoms with Crippen LogP contribution in [0.25, 0.3) is 0 Å². The molecule has 0 saturated carbocycles. The van der Waals surface area contributed by atoms with Crippen LogP contribution in [0.2, 0.25) is 0 Å². The van der Waals surface area contributed by atoms with Crippen LogP contribution in [0.4, 0.5) is 4.39 Å². The van der Waals surface area contributed by atoms with Crippen molar-refractivity contribution in [2.75, 3.05) is 19.7 Å². The Morgan fingerprint density at radius 3 is 2.89 bits per heavy atom. The Labute approximate surface area is 158 Å². The van der Waals surface area contributed by atoms with Gasteiger partial charge in [-0.3, -0.25) is 4.79 Å². The molecule has 1 aromatic carbocycles. The van der Waals surface area contributed by atoms with Crippen LogP contribution in [0.3, 0.4) is 0 Å². The lowest BCUT2D eigenvalue weighted by molar-refractivity contribution is -0.0454. The first-order chi connectivity index (χ1) is 13.0. The molecule has 2 aliphatic rings. The van der Waals surface area contributed by atoms with Crippen molar-refractivity contribution in [2.24, 2.45) is 0 Å². The molecular formula is C21H23FN2O3. The number of pyridine rings is 1. The fourth-order valence-electron chi connectivity index (χ4n) is 3.96. The van der Waals surface area contributed by atoms with Gasteiger partial charge in [0.25, 0.3) is 5.91 Å². The summed E-state index contributed by atoms with van der Waals surface area (Å²) in [5.74, 6) is 0.298. The Bertz CT molecular complexity index is 826. The first-order valence-corrected chi connectivity index (χ1v) is 9.32. The van der Waals surface area contributed by atoms with Gasteiger partial charge >= 0.3 is 0 Å². The van der Waals surface area contributed by atoms with Crippen molar-refractivity contribution in [3.8, 4) is 5.75 Å². The van der Waals surface area contributed by atoms with Crippen LogP contribution in [-0.2, 0) is 4.74 Å². The molecule has 1 amide bonds. The molecule has 0 bridgehead atoms. The predicted octanol–water partition coefficient (Wildman–Crippen LogP) is 3.37. The minimum absolute atomic E-state index is 0.0516. The van der Waals surface area contributed by atoms with Crippen LogP contribution >= 0.6 is 0 Å². The molecule has 0 N–H and O–H groups in total. The van der Waals surface area contributed by atoms with Gasteiger partial charge < -0.3 is 14.4 Å². The van der Waals surface area contributed by atoms with Crippen LogP contribution in [0.5, 0.6) is 5.75 Å². The Balaban J connectivity index is 1.41. The maximum Gasteiger partial charge on any atom is 0.272 e. The number of halogens is 1. The summed E-state index contributed by atoms with van der Waals surface area (Å²) in [5.41, 5.74) is 0.934. The van der Waals surface area contributed by atoms with E-state index >= 15 is 0 Å². The van der Waals surface area contributed by atoms with E-state index in [4.69, 9.17) is 9.47 Å². The summed E-state index contributed by atoms with van der Waals surface area (Å²) in [6.07, 6.45) is 2.42. The summed E-state index contributed by atoms with van der Waals surface area (Å²) in [7, 11) is 0. The number of carbonyl (C=O) groups excluding carboxylic acids is 1. The first kappa shape index (κ1) is 17.9. The molecule has 0 aliphatic carbocycles. The molecule has 2 atom stereocenters. The van der Waals surface area contributed by atoms with Gasteiger partial charge in [0, 0.05) is 18.7 Å². The number of ether oxygens (including phenoxy) is 2. The van der Waals surface area contributed by atoms with Gasteiger partial charge in [-0.1, -0.05) is 6.07 Å². The number of hydrogen-bond acceptors (Lipinski definition) is 4. The number of amides is 1. The third-order valence-corrected chi connectivity index (χ3v) is 5.23. The Hall–Kier alpha value is -2.47. The van der Waals surface area contributed by atoms with Gasteiger partial charge in [-0.2, -0.15) is 0 Å². The molecule has 27 heavy (non-hydrogen) atoms. The lowest BCUT2D eigenvalue weighted by Gasteiger charge is -2.39. The van der Waals surface area contributed by atoms with E-state index in [1.807, 2.05) is 24.0 Å². The second kappa shape index (κ2) is 7.27. The highest BCUT2D eigenvalue weighted by atomic mass is 19.1. The Morgan fingerprint density at radius 2 is 2.11 bits per heavy atom. The van der Waals surface area contributed by atoms with Gasteiger partial charge in [-0.25, -0.2) is 9.37 Å². The fourth-order valence-corrected chi connectivity index (χ4v) is 3.96. The van der Waals surface area contributed by atoms with Crippen LogP contribution in [0.15, 0.2) is 42.5 Å². The van der Waals surface area contributed by atoms with Gasteiger partial charge in [0.05, 0.1) is 18.8 Å². The number of aromatic nitrogens is 1. The smallest absolute Gasteiger partial charge is 0.272 e. The van der Waals surface area contributed by atoms with E-state index in [1.165, 1.54) is 12.1 Å². The summed E-state index contributed by atoms with van der Waals surface area (Å²) in [5, 5.41) is 0. The highest BCUT2D eigenvalue weighted by molar-refractivity contribution is 5.92. The summed E-state index contributed by atoms with van der Waals surface area (Å²) in [6, 6.07) is 11.5. The number of nitrogens with zero attached hydrogens (tertiary/aromatic N) is 2. The predicted molar refractivity (Wildman–Crippen MR) is 98.2 cm³/mol. The van der Waals surface area contributed by atoms with E-state index in [2.05, 4.69) is 4.98 Å². The van der Waals surface area contributed by atoms with Crippen molar-refractivity contribution >= 4 is 5.91 Å². The van der Waals surface area contributed by atoms with Gasteiger partial charge in [0.15, 0.2) is 0 Å². The van der Waals surface area contributed by atoms with Crippen LogP contribution in [0, 0.1) is 12.7 Å². The summed E-state index contributed by atoms with van der Waals surface area (Å²) < 4.78 is 25.1. The normalized spacial score (nSPS) is 25.0. The molecule has 2 aliphatic heterocycles. The number of aryl methyl sites for hydroxylation is 1. The SMILES string of the molecule is Cc1cccc(C(=O)N2CCC[C@]3(C[C@@H](Oc4ccc(F)cc4)CO3)C2)n1. The first-order valence-electron chi connectivity index (χ1n) is 9.32. The number of hydrogen-bond donors (Lipinski definition) is 0. The van der Waals surface area contributed by atoms with Crippen molar-refractivity contribution in [1.82, 2.24) is 9.88 Å². The van der Waals surface area contributed by atoms with E-state index < -0.39 is 0 Å². The monoisotopic (exact) mass is 370 g/mol. The summed E-state index contributed by atoms with van der Waals surface area (Å²) in [6.45, 7) is 3.61. The van der Waals surface area contributed by atoms with E-state index in [-0.39, 0.29) is 23.4 Å². The zero-order chi connectivity index (χ0) is 18.9. The van der Waals surface area contributed by atoms with Crippen LogP contribution in [0.1, 0.15) is 35.4 Å². The maximum atomic E-state index is 13.0. The van der Waals surface area contributed by atoms with E-state index in [1.54, 1.807) is 18.2 Å². The van der Waals surface area contributed by atoms with Gasteiger partial charge in [0.2, 0.25) is 0 Å². The zero-order valence-corrected chi connectivity index (χ0v) is 15.4. The molecule has 1 aromatic heterocycles. The van der Waals surface area contributed by atoms with Crippen molar-refractivity contribution in [1.29, 1.82) is 0 Å². The molecule has 142 valence electrons. The van der Waals surface area contributed by atoms with Gasteiger partial charge in [-0.15, -0.1) is 0 Å². The Kier molecular flexibility index (Phi) is 4.83. The van der Waals surface area contributed by atoms with Gasteiger partial charge in [-0.05, 0) is 56.2 Å². The zero-order valence-electron chi connectivity index (χ0n) is 15.4. The lowest BCUT2D eigenvalue weighted by atomic mass is 9.89. The average molecular weight is 370 g/mol. The third-order valence-electron chi connectivity index (χ3n) is 5.23. The quantitative estimate of drug-likeness (QED) is 0.831. The van der Waals surface area contributed by atoms with Gasteiger partial charge in [0.1, 0.15) is 23.4 Å². The maximum absolute atomic E-state index is 13.0. The number of likely N-dealkylation sites (tertiary alicyclic amines) is 1. The molecular weight excluding hydrogens is 347 g/mol.